The Balaban J connectivity index is 1.63. The molecular weight excluding hydrogens is 290 g/mol. The summed E-state index contributed by atoms with van der Waals surface area (Å²) in [6, 6.07) is 20.4. The molecule has 1 unspecified atom stereocenters. The lowest BCUT2D eigenvalue weighted by Crippen LogP contribution is -2.21. The molecule has 1 heterocycles. The number of carbonyl (C=O) groups excluding carboxylic acids is 1. The van der Waals surface area contributed by atoms with Crippen LogP contribution in [0.3, 0.4) is 0 Å². The van der Waals surface area contributed by atoms with Crippen LogP contribution in [0.2, 0.25) is 0 Å². The highest BCUT2D eigenvalue weighted by molar-refractivity contribution is 5.93. The number of rotatable bonds is 5. The Morgan fingerprint density at radius 3 is 2.39 bits per heavy atom. The monoisotopic (exact) mass is 307 g/mol. The molecule has 5 heteroatoms. The van der Waals surface area contributed by atoms with Crippen molar-refractivity contribution in [2.45, 2.75) is 12.6 Å². The molecule has 0 saturated heterocycles. The van der Waals surface area contributed by atoms with E-state index in [1.807, 2.05) is 36.4 Å². The van der Waals surface area contributed by atoms with Crippen LogP contribution in [0, 0.1) is 0 Å². The van der Waals surface area contributed by atoms with E-state index in [1.165, 1.54) is 0 Å². The molecule has 3 rings (SSSR count). The first kappa shape index (κ1) is 15.0. The lowest BCUT2D eigenvalue weighted by Gasteiger charge is -2.10. The van der Waals surface area contributed by atoms with Gasteiger partial charge in [0.15, 0.2) is 11.9 Å². The third kappa shape index (κ3) is 3.84. The minimum atomic E-state index is -1.21. The molecule has 116 valence electrons. The molecule has 1 aromatic heterocycles. The molecule has 2 aromatic carbocycles. The molecule has 0 fully saturated rings. The second-order valence-corrected chi connectivity index (χ2v) is 5.19. The number of nitrogens with one attached hydrogen (secondary N) is 1. The molecule has 1 atom stereocenters. The van der Waals surface area contributed by atoms with E-state index in [-0.39, 0.29) is 0 Å². The summed E-state index contributed by atoms with van der Waals surface area (Å²) in [7, 11) is 0. The fourth-order valence-corrected chi connectivity index (χ4v) is 2.27. The SMILES string of the molecule is O=C(Nc1ccn(Cc2ccccc2)n1)C(O)c1ccccc1. The van der Waals surface area contributed by atoms with Crippen LogP contribution in [0.5, 0.6) is 0 Å². The lowest BCUT2D eigenvalue weighted by molar-refractivity contribution is -0.124. The van der Waals surface area contributed by atoms with Gasteiger partial charge in [-0.1, -0.05) is 60.7 Å². The van der Waals surface area contributed by atoms with Gasteiger partial charge in [-0.15, -0.1) is 0 Å². The van der Waals surface area contributed by atoms with Crippen molar-refractivity contribution in [1.29, 1.82) is 0 Å². The topological polar surface area (TPSA) is 67.2 Å². The third-order valence-corrected chi connectivity index (χ3v) is 3.44. The van der Waals surface area contributed by atoms with Gasteiger partial charge in [0.2, 0.25) is 0 Å². The number of amides is 1. The van der Waals surface area contributed by atoms with Gasteiger partial charge in [0, 0.05) is 12.3 Å². The van der Waals surface area contributed by atoms with E-state index in [1.54, 1.807) is 41.2 Å². The normalized spacial score (nSPS) is 11.9. The number of hydrogen-bond acceptors (Lipinski definition) is 3. The molecule has 0 saturated carbocycles. The average Bonchev–Trinajstić information content (AvgIpc) is 3.02. The number of aliphatic hydroxyl groups is 1. The fraction of sp³-hybridized carbons (Fsp3) is 0.111. The quantitative estimate of drug-likeness (QED) is 0.761. The molecule has 0 radical (unpaired) electrons. The zero-order valence-corrected chi connectivity index (χ0v) is 12.5. The summed E-state index contributed by atoms with van der Waals surface area (Å²) in [5, 5.41) is 17.0. The summed E-state index contributed by atoms with van der Waals surface area (Å²) in [6.45, 7) is 0.623. The van der Waals surface area contributed by atoms with Crippen LogP contribution in [0.4, 0.5) is 5.82 Å². The first-order valence-corrected chi connectivity index (χ1v) is 7.33. The number of aliphatic hydroxyl groups excluding tert-OH is 1. The zero-order chi connectivity index (χ0) is 16.1. The standard InChI is InChI=1S/C18H17N3O2/c22-17(15-9-5-2-6-10-15)18(23)19-16-11-12-21(20-16)13-14-7-3-1-4-8-14/h1-12,17,22H,13H2,(H,19,20,23). The van der Waals surface area contributed by atoms with Gasteiger partial charge in [-0.3, -0.25) is 9.48 Å². The number of anilines is 1. The molecule has 0 aliphatic heterocycles. The van der Waals surface area contributed by atoms with Crippen LogP contribution in [0.15, 0.2) is 72.9 Å². The highest BCUT2D eigenvalue weighted by atomic mass is 16.3. The predicted octanol–water partition coefficient (Wildman–Crippen LogP) is 2.60. The Kier molecular flexibility index (Phi) is 4.49. The van der Waals surface area contributed by atoms with E-state index in [2.05, 4.69) is 10.4 Å². The van der Waals surface area contributed by atoms with Gasteiger partial charge >= 0.3 is 0 Å². The Hall–Kier alpha value is -2.92. The number of nitrogens with zero attached hydrogens (tertiary/aromatic N) is 2. The Labute approximate surface area is 134 Å². The van der Waals surface area contributed by atoms with Gasteiger partial charge in [0.25, 0.3) is 5.91 Å². The number of aromatic nitrogens is 2. The van der Waals surface area contributed by atoms with E-state index in [4.69, 9.17) is 0 Å². The molecule has 2 N–H and O–H groups in total. The van der Waals surface area contributed by atoms with Crippen LogP contribution in [0.1, 0.15) is 17.2 Å². The minimum Gasteiger partial charge on any atom is -0.378 e. The van der Waals surface area contributed by atoms with Crippen molar-refractivity contribution in [3.05, 3.63) is 84.1 Å². The number of hydrogen-bond donors (Lipinski definition) is 2. The van der Waals surface area contributed by atoms with E-state index < -0.39 is 12.0 Å². The molecule has 0 bridgehead atoms. The largest absolute Gasteiger partial charge is 0.378 e. The van der Waals surface area contributed by atoms with Crippen molar-refractivity contribution in [3.8, 4) is 0 Å². The molecule has 0 aliphatic rings. The fourth-order valence-electron chi connectivity index (χ4n) is 2.27. The van der Waals surface area contributed by atoms with E-state index >= 15 is 0 Å². The Bertz CT molecular complexity index is 769. The lowest BCUT2D eigenvalue weighted by atomic mass is 10.1. The second-order valence-electron chi connectivity index (χ2n) is 5.19. The van der Waals surface area contributed by atoms with Crippen LogP contribution in [-0.4, -0.2) is 20.8 Å². The van der Waals surface area contributed by atoms with Crippen molar-refractivity contribution in [2.24, 2.45) is 0 Å². The first-order chi connectivity index (χ1) is 11.2. The smallest absolute Gasteiger partial charge is 0.259 e. The molecular formula is C18H17N3O2. The van der Waals surface area contributed by atoms with Crippen LogP contribution in [0.25, 0.3) is 0 Å². The van der Waals surface area contributed by atoms with Crippen LogP contribution >= 0.6 is 0 Å². The van der Waals surface area contributed by atoms with Gasteiger partial charge < -0.3 is 10.4 Å². The predicted molar refractivity (Wildman–Crippen MR) is 87.8 cm³/mol. The molecule has 5 nitrogen and oxygen atoms in total. The molecule has 1 amide bonds. The summed E-state index contributed by atoms with van der Waals surface area (Å²) < 4.78 is 1.74. The van der Waals surface area contributed by atoms with Gasteiger partial charge in [0.1, 0.15) is 0 Å². The maximum atomic E-state index is 12.1. The molecule has 3 aromatic rings. The maximum Gasteiger partial charge on any atom is 0.259 e. The van der Waals surface area contributed by atoms with Gasteiger partial charge in [-0.05, 0) is 11.1 Å². The van der Waals surface area contributed by atoms with Crippen LogP contribution in [-0.2, 0) is 11.3 Å². The molecule has 23 heavy (non-hydrogen) atoms. The maximum absolute atomic E-state index is 12.1. The number of carbonyl (C=O) groups is 1. The summed E-state index contributed by atoms with van der Waals surface area (Å²) in [5.74, 6) is -0.0814. The molecule has 0 spiro atoms. The zero-order valence-electron chi connectivity index (χ0n) is 12.5. The van der Waals surface area contributed by atoms with E-state index in [0.717, 1.165) is 5.56 Å². The Morgan fingerprint density at radius 1 is 1.04 bits per heavy atom. The highest BCUT2D eigenvalue weighted by Gasteiger charge is 2.17. The van der Waals surface area contributed by atoms with Gasteiger partial charge in [0.05, 0.1) is 6.54 Å². The van der Waals surface area contributed by atoms with Crippen molar-refractivity contribution in [1.82, 2.24) is 9.78 Å². The van der Waals surface area contributed by atoms with E-state index in [9.17, 15) is 9.90 Å². The van der Waals surface area contributed by atoms with Crippen LogP contribution < -0.4 is 5.32 Å². The highest BCUT2D eigenvalue weighted by Crippen LogP contribution is 2.15. The van der Waals surface area contributed by atoms with Crippen molar-refractivity contribution in [3.63, 3.8) is 0 Å². The van der Waals surface area contributed by atoms with E-state index in [0.29, 0.717) is 17.9 Å². The van der Waals surface area contributed by atoms with Crippen molar-refractivity contribution >= 4 is 11.7 Å². The summed E-state index contributed by atoms with van der Waals surface area (Å²) >= 11 is 0. The average molecular weight is 307 g/mol. The number of benzene rings is 2. The van der Waals surface area contributed by atoms with Gasteiger partial charge in [-0.25, -0.2) is 0 Å². The second kappa shape index (κ2) is 6.89. The van der Waals surface area contributed by atoms with Gasteiger partial charge in [-0.2, -0.15) is 5.10 Å². The minimum absolute atomic E-state index is 0.418. The molecule has 0 aliphatic carbocycles. The summed E-state index contributed by atoms with van der Waals surface area (Å²) in [5.41, 5.74) is 1.67. The Morgan fingerprint density at radius 2 is 1.70 bits per heavy atom. The first-order valence-electron chi connectivity index (χ1n) is 7.33. The third-order valence-electron chi connectivity index (χ3n) is 3.44. The van der Waals surface area contributed by atoms with Crippen molar-refractivity contribution in [2.75, 3.05) is 5.32 Å². The summed E-state index contributed by atoms with van der Waals surface area (Å²) in [6.07, 6.45) is 0.577. The summed E-state index contributed by atoms with van der Waals surface area (Å²) in [4.78, 5) is 12.1. The van der Waals surface area contributed by atoms with Crippen molar-refractivity contribution < 1.29 is 9.90 Å².